The summed E-state index contributed by atoms with van der Waals surface area (Å²) in [4.78, 5) is 24.0. The molecule has 0 aliphatic carbocycles. The first-order valence-electron chi connectivity index (χ1n) is 7.60. The third-order valence-electron chi connectivity index (χ3n) is 3.69. The molecule has 126 valence electrons. The Kier molecular flexibility index (Phi) is 4.61. The number of carbonyl (C=O) groups is 2. The Morgan fingerprint density at radius 3 is 2.56 bits per heavy atom. The van der Waals surface area contributed by atoms with E-state index < -0.39 is 0 Å². The number of carbonyl (C=O) groups excluding carboxylic acids is 2. The van der Waals surface area contributed by atoms with Crippen LogP contribution in [-0.4, -0.2) is 24.0 Å². The van der Waals surface area contributed by atoms with E-state index in [1.54, 1.807) is 55.6 Å². The van der Waals surface area contributed by atoms with Crippen molar-refractivity contribution < 1.29 is 18.8 Å². The van der Waals surface area contributed by atoms with Gasteiger partial charge in [-0.05, 0) is 43.3 Å². The van der Waals surface area contributed by atoms with Crippen molar-refractivity contribution >= 4 is 17.4 Å². The van der Waals surface area contributed by atoms with E-state index in [1.807, 2.05) is 0 Å². The van der Waals surface area contributed by atoms with E-state index in [0.29, 0.717) is 33.9 Å². The molecular weight excluding hydrogens is 320 g/mol. The number of hydrogen-bond donors (Lipinski definition) is 1. The highest BCUT2D eigenvalue weighted by atomic mass is 16.5. The molecule has 0 saturated heterocycles. The molecule has 0 aliphatic rings. The number of methoxy groups -OCH3 is 1. The maximum Gasteiger partial charge on any atom is 0.261 e. The van der Waals surface area contributed by atoms with E-state index in [-0.39, 0.29) is 11.7 Å². The molecule has 2 aromatic carbocycles. The Labute approximate surface area is 144 Å². The van der Waals surface area contributed by atoms with E-state index in [4.69, 9.17) is 9.26 Å². The molecule has 0 fully saturated rings. The minimum absolute atomic E-state index is 0.0694. The molecule has 1 aromatic heterocycles. The predicted molar refractivity (Wildman–Crippen MR) is 92.9 cm³/mol. The molecule has 0 bridgehead atoms. The van der Waals surface area contributed by atoms with Gasteiger partial charge in [-0.3, -0.25) is 9.59 Å². The molecule has 6 nitrogen and oxygen atoms in total. The zero-order valence-corrected chi connectivity index (χ0v) is 13.8. The van der Waals surface area contributed by atoms with Gasteiger partial charge >= 0.3 is 0 Å². The molecular formula is C19H16N2O4. The first-order chi connectivity index (χ1) is 12.1. The Morgan fingerprint density at radius 2 is 1.88 bits per heavy atom. The van der Waals surface area contributed by atoms with Crippen molar-refractivity contribution in [3.8, 4) is 17.1 Å². The van der Waals surface area contributed by atoms with Gasteiger partial charge in [-0.2, -0.15) is 0 Å². The number of ether oxygens (including phenoxy) is 1. The van der Waals surface area contributed by atoms with Crippen LogP contribution in [0.1, 0.15) is 27.6 Å². The molecule has 0 spiro atoms. The lowest BCUT2D eigenvalue weighted by atomic mass is 10.1. The first-order valence-corrected chi connectivity index (χ1v) is 7.60. The van der Waals surface area contributed by atoms with Crippen molar-refractivity contribution in [2.24, 2.45) is 0 Å². The summed E-state index contributed by atoms with van der Waals surface area (Å²) < 4.78 is 10.4. The van der Waals surface area contributed by atoms with E-state index in [2.05, 4.69) is 10.5 Å². The summed E-state index contributed by atoms with van der Waals surface area (Å²) in [6, 6.07) is 13.9. The second-order valence-corrected chi connectivity index (χ2v) is 5.39. The number of nitrogens with one attached hydrogen (secondary N) is 1. The van der Waals surface area contributed by atoms with Crippen LogP contribution in [0.4, 0.5) is 5.69 Å². The SMILES string of the molecule is COc1ccc(-c2oncc2C(=O)Nc2cccc(C(C)=O)c2)cc1. The summed E-state index contributed by atoms with van der Waals surface area (Å²) in [7, 11) is 1.58. The zero-order valence-electron chi connectivity index (χ0n) is 13.8. The van der Waals surface area contributed by atoms with Crippen LogP contribution in [0.15, 0.2) is 59.3 Å². The average Bonchev–Trinajstić information content (AvgIpc) is 3.12. The van der Waals surface area contributed by atoms with Gasteiger partial charge in [-0.1, -0.05) is 17.3 Å². The monoisotopic (exact) mass is 336 g/mol. The number of rotatable bonds is 5. The van der Waals surface area contributed by atoms with Gasteiger partial charge in [-0.25, -0.2) is 0 Å². The van der Waals surface area contributed by atoms with Gasteiger partial charge in [-0.15, -0.1) is 0 Å². The van der Waals surface area contributed by atoms with E-state index in [1.165, 1.54) is 13.1 Å². The standard InChI is InChI=1S/C19H16N2O4/c1-12(22)14-4-3-5-15(10-14)21-19(23)17-11-20-25-18(17)13-6-8-16(24-2)9-7-13/h3-11H,1-2H3,(H,21,23). The summed E-state index contributed by atoms with van der Waals surface area (Å²) in [5, 5.41) is 6.48. The fraction of sp³-hybridized carbons (Fsp3) is 0.105. The molecule has 25 heavy (non-hydrogen) atoms. The number of anilines is 1. The Bertz CT molecular complexity index is 913. The van der Waals surface area contributed by atoms with Crippen LogP contribution in [-0.2, 0) is 0 Å². The molecule has 0 aliphatic heterocycles. The molecule has 6 heteroatoms. The van der Waals surface area contributed by atoms with E-state index in [9.17, 15) is 9.59 Å². The maximum atomic E-state index is 12.6. The fourth-order valence-electron chi connectivity index (χ4n) is 2.37. The van der Waals surface area contributed by atoms with Crippen molar-refractivity contribution in [3.05, 3.63) is 65.9 Å². The normalized spacial score (nSPS) is 10.3. The van der Waals surface area contributed by atoms with Crippen molar-refractivity contribution in [1.82, 2.24) is 5.16 Å². The number of Topliss-reactive ketones (excluding diaryl/α,β-unsaturated/α-hetero) is 1. The largest absolute Gasteiger partial charge is 0.497 e. The number of aromatic nitrogens is 1. The van der Waals surface area contributed by atoms with Crippen LogP contribution >= 0.6 is 0 Å². The average molecular weight is 336 g/mol. The van der Waals surface area contributed by atoms with Crippen LogP contribution < -0.4 is 10.1 Å². The van der Waals surface area contributed by atoms with Crippen LogP contribution in [0.5, 0.6) is 5.75 Å². The van der Waals surface area contributed by atoms with Gasteiger partial charge in [0.05, 0.1) is 13.3 Å². The van der Waals surface area contributed by atoms with Crippen molar-refractivity contribution in [3.63, 3.8) is 0 Å². The lowest BCUT2D eigenvalue weighted by Crippen LogP contribution is -2.12. The molecule has 1 N–H and O–H groups in total. The molecule has 0 saturated carbocycles. The number of hydrogen-bond acceptors (Lipinski definition) is 5. The van der Waals surface area contributed by atoms with Crippen LogP contribution in [0.2, 0.25) is 0 Å². The lowest BCUT2D eigenvalue weighted by molar-refractivity contribution is 0.101. The highest BCUT2D eigenvalue weighted by molar-refractivity contribution is 6.08. The molecule has 0 unspecified atom stereocenters. The molecule has 0 radical (unpaired) electrons. The molecule has 3 rings (SSSR count). The highest BCUT2D eigenvalue weighted by Gasteiger charge is 2.18. The van der Waals surface area contributed by atoms with Gasteiger partial charge in [0.2, 0.25) is 0 Å². The van der Waals surface area contributed by atoms with Gasteiger partial charge in [0.15, 0.2) is 11.5 Å². The van der Waals surface area contributed by atoms with Gasteiger partial charge < -0.3 is 14.6 Å². The summed E-state index contributed by atoms with van der Waals surface area (Å²) in [5.74, 6) is 0.631. The summed E-state index contributed by atoms with van der Waals surface area (Å²) >= 11 is 0. The van der Waals surface area contributed by atoms with Crippen molar-refractivity contribution in [1.29, 1.82) is 0 Å². The highest BCUT2D eigenvalue weighted by Crippen LogP contribution is 2.26. The Balaban J connectivity index is 1.85. The smallest absolute Gasteiger partial charge is 0.261 e. The van der Waals surface area contributed by atoms with Gasteiger partial charge in [0.1, 0.15) is 11.3 Å². The third-order valence-corrected chi connectivity index (χ3v) is 3.69. The number of benzene rings is 2. The van der Waals surface area contributed by atoms with Crippen molar-refractivity contribution in [2.45, 2.75) is 6.92 Å². The minimum atomic E-state index is -0.368. The van der Waals surface area contributed by atoms with Crippen molar-refractivity contribution in [2.75, 3.05) is 12.4 Å². The fourth-order valence-corrected chi connectivity index (χ4v) is 2.37. The number of amides is 1. The van der Waals surface area contributed by atoms with Gasteiger partial charge in [0, 0.05) is 16.8 Å². The summed E-state index contributed by atoms with van der Waals surface area (Å²) in [6.45, 7) is 1.47. The van der Waals surface area contributed by atoms with E-state index >= 15 is 0 Å². The summed E-state index contributed by atoms with van der Waals surface area (Å²) in [5.41, 5.74) is 2.07. The lowest BCUT2D eigenvalue weighted by Gasteiger charge is -2.06. The third kappa shape index (κ3) is 3.58. The van der Waals surface area contributed by atoms with Crippen LogP contribution in [0.25, 0.3) is 11.3 Å². The molecule has 1 amide bonds. The number of nitrogens with zero attached hydrogens (tertiary/aromatic N) is 1. The molecule has 3 aromatic rings. The second-order valence-electron chi connectivity index (χ2n) is 5.39. The maximum absolute atomic E-state index is 12.6. The molecule has 1 heterocycles. The second kappa shape index (κ2) is 7.00. The molecule has 0 atom stereocenters. The predicted octanol–water partition coefficient (Wildman–Crippen LogP) is 3.81. The van der Waals surface area contributed by atoms with Crippen LogP contribution in [0.3, 0.4) is 0 Å². The Morgan fingerprint density at radius 1 is 1.12 bits per heavy atom. The quantitative estimate of drug-likeness (QED) is 0.717. The first kappa shape index (κ1) is 16.4. The minimum Gasteiger partial charge on any atom is -0.497 e. The zero-order chi connectivity index (χ0) is 17.8. The Hall–Kier alpha value is -3.41. The van der Waals surface area contributed by atoms with Gasteiger partial charge in [0.25, 0.3) is 5.91 Å². The number of ketones is 1. The topological polar surface area (TPSA) is 81.4 Å². The van der Waals surface area contributed by atoms with E-state index in [0.717, 1.165) is 0 Å². The van der Waals surface area contributed by atoms with Crippen LogP contribution in [0, 0.1) is 0 Å². The summed E-state index contributed by atoms with van der Waals surface area (Å²) in [6.07, 6.45) is 1.36.